The van der Waals surface area contributed by atoms with Crippen molar-refractivity contribution >= 4 is 11.3 Å². The van der Waals surface area contributed by atoms with Crippen LogP contribution in [0.4, 0.5) is 0 Å². The van der Waals surface area contributed by atoms with Crippen LogP contribution in [0.25, 0.3) is 11.3 Å². The van der Waals surface area contributed by atoms with E-state index in [0.717, 1.165) is 51.6 Å². The molecule has 1 heterocycles. The van der Waals surface area contributed by atoms with Crippen molar-refractivity contribution in [1.82, 2.24) is 5.32 Å². The molecule has 3 aromatic rings. The Labute approximate surface area is 160 Å². The number of para-hydroxylation sites is 1. The summed E-state index contributed by atoms with van der Waals surface area (Å²) in [7, 11) is 0. The van der Waals surface area contributed by atoms with Crippen LogP contribution in [0.1, 0.15) is 17.5 Å². The first-order valence-electron chi connectivity index (χ1n) is 8.97. The zero-order valence-corrected chi connectivity index (χ0v) is 15.1. The largest absolute Gasteiger partial charge is 0.457 e. The Morgan fingerprint density at radius 2 is 1.26 bits per heavy atom. The summed E-state index contributed by atoms with van der Waals surface area (Å²) in [5.74, 6) is 1.64. The van der Waals surface area contributed by atoms with Crippen molar-refractivity contribution in [3.63, 3.8) is 0 Å². The van der Waals surface area contributed by atoms with Gasteiger partial charge in [-0.05, 0) is 41.0 Å². The van der Waals surface area contributed by atoms with E-state index >= 15 is 0 Å². The smallest absolute Gasteiger partial charge is 0.127 e. The highest BCUT2D eigenvalue weighted by atomic mass is 16.5. The van der Waals surface area contributed by atoms with Gasteiger partial charge >= 0.3 is 0 Å². The van der Waals surface area contributed by atoms with E-state index in [2.05, 4.69) is 42.7 Å². The highest BCUT2D eigenvalue weighted by Gasteiger charge is 2.20. The number of allylic oxidation sites excluding steroid dienone is 2. The maximum Gasteiger partial charge on any atom is 0.127 e. The van der Waals surface area contributed by atoms with Crippen LogP contribution in [0, 0.1) is 0 Å². The molecule has 2 heteroatoms. The molecule has 0 saturated carbocycles. The Hall–Kier alpha value is -3.52. The van der Waals surface area contributed by atoms with E-state index in [1.807, 2.05) is 60.7 Å². The van der Waals surface area contributed by atoms with Gasteiger partial charge in [-0.2, -0.15) is 0 Å². The van der Waals surface area contributed by atoms with Gasteiger partial charge in [0.15, 0.2) is 0 Å². The molecule has 0 aromatic heterocycles. The van der Waals surface area contributed by atoms with Crippen LogP contribution in [-0.2, 0) is 0 Å². The predicted octanol–water partition coefficient (Wildman–Crippen LogP) is 6.41. The highest BCUT2D eigenvalue weighted by molar-refractivity contribution is 5.99. The summed E-state index contributed by atoms with van der Waals surface area (Å²) in [6.45, 7) is 8.40. The lowest BCUT2D eigenvalue weighted by Crippen LogP contribution is -2.19. The molecule has 27 heavy (non-hydrogen) atoms. The molecule has 0 atom stereocenters. The number of hydrogen-bond acceptors (Lipinski definition) is 2. The standard InChI is InChI=1S/C25H21NO/c1-18-17-19(2)26-25(21-9-5-3-6-10-21)24(18)20-13-15-23(16-14-20)27-22-11-7-4-8-12-22/h3-16,26H,1-2,17H2. The Kier molecular flexibility index (Phi) is 4.63. The molecule has 1 N–H and O–H groups in total. The third kappa shape index (κ3) is 3.70. The molecule has 0 fully saturated rings. The van der Waals surface area contributed by atoms with Gasteiger partial charge in [0.05, 0.1) is 5.70 Å². The predicted molar refractivity (Wildman–Crippen MR) is 112 cm³/mol. The second kappa shape index (κ2) is 7.38. The highest BCUT2D eigenvalue weighted by Crippen LogP contribution is 2.37. The van der Waals surface area contributed by atoms with Gasteiger partial charge in [-0.15, -0.1) is 0 Å². The summed E-state index contributed by atoms with van der Waals surface area (Å²) in [5.41, 5.74) is 6.44. The average molecular weight is 351 g/mol. The molecule has 0 unspecified atom stereocenters. The normalized spacial score (nSPS) is 14.1. The first-order valence-corrected chi connectivity index (χ1v) is 8.97. The number of nitrogens with one attached hydrogen (secondary N) is 1. The van der Waals surface area contributed by atoms with Crippen molar-refractivity contribution < 1.29 is 4.74 Å². The van der Waals surface area contributed by atoms with Crippen LogP contribution in [-0.4, -0.2) is 0 Å². The molecule has 0 amide bonds. The van der Waals surface area contributed by atoms with Crippen LogP contribution in [0.2, 0.25) is 0 Å². The average Bonchev–Trinajstić information content (AvgIpc) is 2.70. The Morgan fingerprint density at radius 1 is 0.667 bits per heavy atom. The monoisotopic (exact) mass is 351 g/mol. The minimum absolute atomic E-state index is 0.744. The van der Waals surface area contributed by atoms with Crippen LogP contribution in [0.15, 0.2) is 109 Å². The third-order valence-electron chi connectivity index (χ3n) is 4.52. The van der Waals surface area contributed by atoms with Crippen LogP contribution >= 0.6 is 0 Å². The van der Waals surface area contributed by atoms with Crippen molar-refractivity contribution in [2.45, 2.75) is 6.42 Å². The summed E-state index contributed by atoms with van der Waals surface area (Å²) in [4.78, 5) is 0. The third-order valence-corrected chi connectivity index (χ3v) is 4.52. The maximum atomic E-state index is 5.91. The fraction of sp³-hybridized carbons (Fsp3) is 0.0400. The van der Waals surface area contributed by atoms with Crippen molar-refractivity contribution in [3.8, 4) is 11.5 Å². The number of rotatable bonds is 4. The van der Waals surface area contributed by atoms with Gasteiger partial charge in [-0.3, -0.25) is 0 Å². The SMILES string of the molecule is C=C1CC(=C)C(c2ccc(Oc3ccccc3)cc2)=C(c2ccccc2)N1. The van der Waals surface area contributed by atoms with Gasteiger partial charge in [-0.1, -0.05) is 73.8 Å². The maximum absolute atomic E-state index is 5.91. The molecule has 0 spiro atoms. The molecular formula is C25H21NO. The lowest BCUT2D eigenvalue weighted by Gasteiger charge is -2.26. The van der Waals surface area contributed by atoms with Gasteiger partial charge in [0.25, 0.3) is 0 Å². The number of hydrogen-bond donors (Lipinski definition) is 1. The second-order valence-corrected chi connectivity index (χ2v) is 6.56. The van der Waals surface area contributed by atoms with Gasteiger partial charge in [0.2, 0.25) is 0 Å². The van der Waals surface area contributed by atoms with E-state index in [0.29, 0.717) is 0 Å². The van der Waals surface area contributed by atoms with Crippen LogP contribution in [0.5, 0.6) is 11.5 Å². The van der Waals surface area contributed by atoms with Crippen LogP contribution in [0.3, 0.4) is 0 Å². The molecule has 3 aromatic carbocycles. The first-order chi connectivity index (χ1) is 13.2. The molecule has 0 radical (unpaired) electrons. The molecule has 0 bridgehead atoms. The Balaban J connectivity index is 1.71. The van der Waals surface area contributed by atoms with E-state index in [1.165, 1.54) is 0 Å². The molecule has 1 aliphatic rings. The van der Waals surface area contributed by atoms with Crippen molar-refractivity contribution in [2.24, 2.45) is 0 Å². The molecule has 2 nitrogen and oxygen atoms in total. The van der Waals surface area contributed by atoms with Crippen molar-refractivity contribution in [2.75, 3.05) is 0 Å². The minimum Gasteiger partial charge on any atom is -0.457 e. The fourth-order valence-corrected chi connectivity index (χ4v) is 3.29. The van der Waals surface area contributed by atoms with E-state index in [9.17, 15) is 0 Å². The zero-order chi connectivity index (χ0) is 18.6. The summed E-state index contributed by atoms with van der Waals surface area (Å²) < 4.78 is 5.91. The topological polar surface area (TPSA) is 21.3 Å². The Morgan fingerprint density at radius 3 is 1.93 bits per heavy atom. The quantitative estimate of drug-likeness (QED) is 0.586. The van der Waals surface area contributed by atoms with Crippen molar-refractivity contribution in [1.29, 1.82) is 0 Å². The molecule has 0 aliphatic carbocycles. The molecule has 132 valence electrons. The van der Waals surface area contributed by atoms with Gasteiger partial charge in [0, 0.05) is 17.7 Å². The molecule has 4 rings (SSSR count). The van der Waals surface area contributed by atoms with Crippen LogP contribution < -0.4 is 10.1 Å². The summed E-state index contributed by atoms with van der Waals surface area (Å²) in [6.07, 6.45) is 0.744. The minimum atomic E-state index is 0.744. The number of ether oxygens (including phenoxy) is 1. The van der Waals surface area contributed by atoms with Gasteiger partial charge in [0.1, 0.15) is 11.5 Å². The summed E-state index contributed by atoms with van der Waals surface area (Å²) in [6, 6.07) is 28.2. The Bertz CT molecular complexity index is 999. The molecule has 0 saturated heterocycles. The van der Waals surface area contributed by atoms with E-state index in [4.69, 9.17) is 4.74 Å². The second-order valence-electron chi connectivity index (χ2n) is 6.56. The lowest BCUT2D eigenvalue weighted by atomic mass is 9.88. The van der Waals surface area contributed by atoms with Gasteiger partial charge in [-0.25, -0.2) is 0 Å². The van der Waals surface area contributed by atoms with Gasteiger partial charge < -0.3 is 10.1 Å². The zero-order valence-electron chi connectivity index (χ0n) is 15.1. The molecule has 1 aliphatic heterocycles. The summed E-state index contributed by atoms with van der Waals surface area (Å²) in [5, 5.41) is 3.46. The first kappa shape index (κ1) is 16.9. The summed E-state index contributed by atoms with van der Waals surface area (Å²) >= 11 is 0. The molecular weight excluding hydrogens is 330 g/mol. The lowest BCUT2D eigenvalue weighted by molar-refractivity contribution is 0.482. The number of benzene rings is 3. The fourth-order valence-electron chi connectivity index (χ4n) is 3.29. The van der Waals surface area contributed by atoms with E-state index < -0.39 is 0 Å². The van der Waals surface area contributed by atoms with E-state index in [1.54, 1.807) is 0 Å². The van der Waals surface area contributed by atoms with Crippen molar-refractivity contribution in [3.05, 3.63) is 120 Å². The van der Waals surface area contributed by atoms with E-state index in [-0.39, 0.29) is 0 Å².